The summed E-state index contributed by atoms with van der Waals surface area (Å²) in [6.45, 7) is 6.79. The number of carbonyl (C=O) groups excluding carboxylic acids is 5. The number of fused-ring (bicyclic) bond motifs is 1. The molecule has 2 rings (SSSR count). The number of guanidine groups is 1. The predicted molar refractivity (Wildman–Crippen MR) is 199 cm³/mol. The normalized spacial score (nSPS) is 13.9. The van der Waals surface area contributed by atoms with Crippen LogP contribution in [0.5, 0.6) is 0 Å². The number of rotatable bonds is 23. The summed E-state index contributed by atoms with van der Waals surface area (Å²) in [5, 5.41) is 41.8. The Hall–Kier alpha value is -5.72. The van der Waals surface area contributed by atoms with Crippen molar-refractivity contribution in [1.82, 2.24) is 36.9 Å². The number of amides is 5. The van der Waals surface area contributed by atoms with Gasteiger partial charge in [-0.1, -0.05) is 45.9 Å². The second kappa shape index (κ2) is 21.7. The van der Waals surface area contributed by atoms with Crippen LogP contribution in [-0.2, 0) is 40.0 Å². The molecule has 54 heavy (non-hydrogen) atoms. The summed E-state index contributed by atoms with van der Waals surface area (Å²) >= 11 is 0. The number of carbonyl (C=O) groups is 7. The van der Waals surface area contributed by atoms with Crippen LogP contribution in [-0.4, -0.2) is 106 Å². The number of carboxylic acids is 2. The summed E-state index contributed by atoms with van der Waals surface area (Å²) in [5.74, 6) is -6.98. The number of nitrogens with one attached hydrogen (secondary N) is 8. The molecule has 19 heteroatoms. The van der Waals surface area contributed by atoms with Gasteiger partial charge in [0.25, 0.3) is 0 Å². The second-order valence-electron chi connectivity index (χ2n) is 13.7. The third-order valence-electron chi connectivity index (χ3n) is 8.37. The van der Waals surface area contributed by atoms with Crippen LogP contribution < -0.4 is 43.4 Å². The average molecular weight is 759 g/mol. The van der Waals surface area contributed by atoms with E-state index in [9.17, 15) is 38.7 Å². The van der Waals surface area contributed by atoms with Gasteiger partial charge < -0.3 is 58.6 Å². The van der Waals surface area contributed by atoms with Crippen molar-refractivity contribution in [2.75, 3.05) is 13.1 Å². The molecule has 1 aromatic heterocycles. The summed E-state index contributed by atoms with van der Waals surface area (Å²) in [5.41, 5.74) is 12.7. The Morgan fingerprint density at radius 3 is 2.07 bits per heavy atom. The summed E-state index contributed by atoms with van der Waals surface area (Å²) in [7, 11) is 0. The number of hydrogen-bond acceptors (Lipinski definition) is 9. The molecule has 5 atom stereocenters. The summed E-state index contributed by atoms with van der Waals surface area (Å²) < 4.78 is 0. The molecule has 0 unspecified atom stereocenters. The molecular weight excluding hydrogens is 704 g/mol. The third-order valence-corrected chi connectivity index (χ3v) is 8.37. The van der Waals surface area contributed by atoms with Crippen LogP contribution >= 0.6 is 0 Å². The zero-order valence-electron chi connectivity index (χ0n) is 31.0. The highest BCUT2D eigenvalue weighted by molar-refractivity contribution is 5.96. The lowest BCUT2D eigenvalue weighted by Gasteiger charge is -2.27. The largest absolute Gasteiger partial charge is 0.481 e. The van der Waals surface area contributed by atoms with Gasteiger partial charge in [-0.25, -0.2) is 4.79 Å². The van der Waals surface area contributed by atoms with E-state index in [1.54, 1.807) is 38.2 Å². The molecule has 0 saturated heterocycles. The zero-order chi connectivity index (χ0) is 40.5. The molecule has 0 fully saturated rings. The highest BCUT2D eigenvalue weighted by Gasteiger charge is 2.32. The van der Waals surface area contributed by atoms with E-state index >= 15 is 0 Å². The van der Waals surface area contributed by atoms with Crippen molar-refractivity contribution in [1.29, 1.82) is 5.41 Å². The quantitative estimate of drug-likeness (QED) is 0.0369. The van der Waals surface area contributed by atoms with Crippen LogP contribution in [0.2, 0.25) is 0 Å². The van der Waals surface area contributed by atoms with Gasteiger partial charge in [0.2, 0.25) is 29.5 Å². The number of aliphatic carboxylic acids is 2. The molecule has 298 valence electrons. The summed E-state index contributed by atoms with van der Waals surface area (Å²) in [4.78, 5) is 92.0. The first-order valence-electron chi connectivity index (χ1n) is 17.7. The summed E-state index contributed by atoms with van der Waals surface area (Å²) in [6.07, 6.45) is 1.60. The fourth-order valence-electron chi connectivity index (χ4n) is 5.50. The first-order valence-corrected chi connectivity index (χ1v) is 17.7. The van der Waals surface area contributed by atoms with Crippen molar-refractivity contribution in [3.63, 3.8) is 0 Å². The molecule has 0 aliphatic carbocycles. The zero-order valence-corrected chi connectivity index (χ0v) is 31.0. The molecule has 0 bridgehead atoms. The lowest BCUT2D eigenvalue weighted by molar-refractivity contribution is -0.143. The van der Waals surface area contributed by atoms with Crippen molar-refractivity contribution in [3.8, 4) is 0 Å². The lowest BCUT2D eigenvalue weighted by Crippen LogP contribution is -2.58. The van der Waals surface area contributed by atoms with Gasteiger partial charge in [0.05, 0.1) is 12.6 Å². The van der Waals surface area contributed by atoms with E-state index in [-0.39, 0.29) is 31.1 Å². The smallest absolute Gasteiger partial charge is 0.326 e. The van der Waals surface area contributed by atoms with Crippen molar-refractivity contribution in [3.05, 3.63) is 36.0 Å². The number of hydrogen-bond donors (Lipinski definition) is 12. The van der Waals surface area contributed by atoms with Crippen LogP contribution in [0.3, 0.4) is 0 Å². The van der Waals surface area contributed by atoms with Crippen LogP contribution in [0.1, 0.15) is 65.4 Å². The maximum Gasteiger partial charge on any atom is 0.326 e. The van der Waals surface area contributed by atoms with Gasteiger partial charge in [-0.05, 0) is 49.1 Å². The number of aromatic nitrogens is 1. The second-order valence-corrected chi connectivity index (χ2v) is 13.7. The van der Waals surface area contributed by atoms with Crippen molar-refractivity contribution in [2.24, 2.45) is 23.3 Å². The molecule has 2 aromatic rings. The topological polar surface area (TPSA) is 324 Å². The Morgan fingerprint density at radius 2 is 1.46 bits per heavy atom. The van der Waals surface area contributed by atoms with Crippen LogP contribution in [0.25, 0.3) is 10.9 Å². The Morgan fingerprint density at radius 1 is 0.815 bits per heavy atom. The highest BCUT2D eigenvalue weighted by Crippen LogP contribution is 2.19. The van der Waals surface area contributed by atoms with Crippen LogP contribution in [0, 0.1) is 17.2 Å². The van der Waals surface area contributed by atoms with Crippen molar-refractivity contribution < 1.29 is 43.8 Å². The van der Waals surface area contributed by atoms with Gasteiger partial charge in [-0.15, -0.1) is 0 Å². The van der Waals surface area contributed by atoms with E-state index in [2.05, 4.69) is 36.9 Å². The Kier molecular flexibility index (Phi) is 17.9. The van der Waals surface area contributed by atoms with Gasteiger partial charge >= 0.3 is 11.9 Å². The van der Waals surface area contributed by atoms with E-state index in [1.807, 2.05) is 19.9 Å². The van der Waals surface area contributed by atoms with Gasteiger partial charge in [0.15, 0.2) is 5.96 Å². The number of nitrogens with two attached hydrogens (primary N) is 2. The Labute approximate surface area is 313 Å². The third kappa shape index (κ3) is 15.1. The van der Waals surface area contributed by atoms with Crippen molar-refractivity contribution in [2.45, 2.75) is 96.4 Å². The minimum atomic E-state index is -1.54. The van der Waals surface area contributed by atoms with Crippen LogP contribution in [0.4, 0.5) is 0 Å². The molecule has 0 aliphatic rings. The van der Waals surface area contributed by atoms with Crippen molar-refractivity contribution >= 4 is 58.3 Å². The van der Waals surface area contributed by atoms with E-state index in [4.69, 9.17) is 22.0 Å². The fraction of sp³-hybridized carbons (Fsp3) is 0.543. The van der Waals surface area contributed by atoms with E-state index < -0.39 is 97.0 Å². The number of carboxylic acid groups (broad SMARTS) is 2. The molecular formula is C35H54N10O9. The number of aromatic amines is 1. The maximum absolute atomic E-state index is 13.4. The first-order chi connectivity index (χ1) is 25.4. The van der Waals surface area contributed by atoms with E-state index in [1.165, 1.54) is 0 Å². The van der Waals surface area contributed by atoms with Gasteiger partial charge in [0, 0.05) is 36.5 Å². The first kappa shape index (κ1) is 44.4. The molecule has 14 N–H and O–H groups in total. The molecule has 5 amide bonds. The monoisotopic (exact) mass is 758 g/mol. The standard InChI is InChI=1S/C35H54N10O9/c1-18(2)14-25(44-30(49)22(36)9-7-13-39-35(37)38)32(51)45-29(19(3)4)33(52)41-17-27(46)42-26(15-20-16-40-23-10-6-5-8-21(20)23)31(50)43-24(34(53)54)11-12-28(47)48/h5-6,8,10,16,18-19,22,24-26,29,40H,7,9,11-15,17,36H2,1-4H3,(H,41,52)(H,42,46)(H,43,50)(H,44,49)(H,45,51)(H,47,48)(H,53,54)(H4,37,38,39)/t22-,24-,25-,26-,29-/m0/s1. The Balaban J connectivity index is 2.13. The predicted octanol–water partition coefficient (Wildman–Crippen LogP) is -0.992. The minimum Gasteiger partial charge on any atom is -0.481 e. The molecule has 0 spiro atoms. The molecule has 0 aliphatic heterocycles. The molecule has 19 nitrogen and oxygen atoms in total. The maximum atomic E-state index is 13.4. The van der Waals surface area contributed by atoms with Gasteiger partial charge in [-0.3, -0.25) is 34.2 Å². The van der Waals surface area contributed by atoms with Crippen LogP contribution in [0.15, 0.2) is 30.5 Å². The Bertz CT molecular complexity index is 1640. The van der Waals surface area contributed by atoms with Gasteiger partial charge in [-0.2, -0.15) is 0 Å². The lowest BCUT2D eigenvalue weighted by atomic mass is 9.99. The van der Waals surface area contributed by atoms with Gasteiger partial charge in [0.1, 0.15) is 24.2 Å². The molecule has 1 aromatic carbocycles. The number of benzene rings is 1. The summed E-state index contributed by atoms with van der Waals surface area (Å²) in [6, 6.07) is 1.25. The van der Waals surface area contributed by atoms with E-state index in [0.29, 0.717) is 18.5 Å². The molecule has 0 saturated carbocycles. The molecule has 1 heterocycles. The average Bonchev–Trinajstić information content (AvgIpc) is 3.50. The SMILES string of the molecule is CC(C)C[C@H](NC(=O)[C@@H](N)CCCNC(=N)N)C(=O)N[C@H](C(=O)NCC(=O)N[C@@H](Cc1c[nH]c2ccccc12)C(=O)N[C@@H](CCC(=O)O)C(=O)O)C(C)C. The highest BCUT2D eigenvalue weighted by atomic mass is 16.4. The number of H-pyrrole nitrogens is 1. The fourth-order valence-corrected chi connectivity index (χ4v) is 5.50. The minimum absolute atomic E-state index is 0.0237. The molecule has 0 radical (unpaired) electrons. The van der Waals surface area contributed by atoms with E-state index in [0.717, 1.165) is 10.9 Å². The number of para-hydroxylation sites is 1.